The van der Waals surface area contributed by atoms with Crippen LogP contribution < -0.4 is 11.1 Å². The summed E-state index contributed by atoms with van der Waals surface area (Å²) in [4.78, 5) is 32.5. The molecule has 27 heavy (non-hydrogen) atoms. The number of non-ortho nitro benzene ring substituents is 1. The number of para-hydroxylation sites is 1. The molecular formula is C17H12N4O6. The average molecular weight is 368 g/mol. The molecule has 0 atom stereocenters. The first-order chi connectivity index (χ1) is 12.9. The van der Waals surface area contributed by atoms with E-state index in [4.69, 9.17) is 4.42 Å². The molecule has 3 aromatic rings. The summed E-state index contributed by atoms with van der Waals surface area (Å²) in [6, 6.07) is 11.7. The molecule has 0 aliphatic carbocycles. The van der Waals surface area contributed by atoms with Crippen LogP contribution >= 0.6 is 0 Å². The van der Waals surface area contributed by atoms with Gasteiger partial charge in [0.1, 0.15) is 11.3 Å². The quantitative estimate of drug-likeness (QED) is 0.314. The third-order valence-corrected chi connectivity index (χ3v) is 3.76. The van der Waals surface area contributed by atoms with Gasteiger partial charge in [0.05, 0.1) is 27.2 Å². The Balaban J connectivity index is 1.96. The Morgan fingerprint density at radius 3 is 2.52 bits per heavy atom. The molecule has 1 aromatic heterocycles. The number of nitrogens with zero attached hydrogens (tertiary/aromatic N) is 3. The normalized spacial score (nSPS) is 11.4. The van der Waals surface area contributed by atoms with Crippen molar-refractivity contribution in [2.24, 2.45) is 5.10 Å². The van der Waals surface area contributed by atoms with Crippen LogP contribution in [0.4, 0.5) is 17.1 Å². The van der Waals surface area contributed by atoms with Gasteiger partial charge in [-0.15, -0.1) is 0 Å². The van der Waals surface area contributed by atoms with Crippen LogP contribution in [0, 0.1) is 20.2 Å². The minimum Gasteiger partial charge on any atom is -0.422 e. The fourth-order valence-electron chi connectivity index (χ4n) is 2.40. The van der Waals surface area contributed by atoms with E-state index in [-0.39, 0.29) is 17.0 Å². The van der Waals surface area contributed by atoms with Crippen LogP contribution in [0.5, 0.6) is 0 Å². The predicted octanol–water partition coefficient (Wildman–Crippen LogP) is 3.45. The van der Waals surface area contributed by atoms with Gasteiger partial charge in [0.2, 0.25) is 0 Å². The van der Waals surface area contributed by atoms with E-state index in [1.807, 2.05) is 0 Å². The van der Waals surface area contributed by atoms with Crippen molar-refractivity contribution in [1.29, 1.82) is 0 Å². The number of fused-ring (bicyclic) bond motifs is 1. The Morgan fingerprint density at radius 2 is 1.81 bits per heavy atom. The van der Waals surface area contributed by atoms with Gasteiger partial charge in [-0.05, 0) is 25.1 Å². The van der Waals surface area contributed by atoms with E-state index >= 15 is 0 Å². The van der Waals surface area contributed by atoms with Crippen molar-refractivity contribution in [2.75, 3.05) is 5.43 Å². The maximum atomic E-state index is 12.1. The fourth-order valence-corrected chi connectivity index (χ4v) is 2.40. The molecule has 3 rings (SSSR count). The Bertz CT molecular complexity index is 1150. The number of anilines is 1. The maximum Gasteiger partial charge on any atom is 0.345 e. The summed E-state index contributed by atoms with van der Waals surface area (Å²) in [6.07, 6.45) is 0. The Kier molecular flexibility index (Phi) is 4.62. The number of hydrogen-bond donors (Lipinski definition) is 1. The molecule has 136 valence electrons. The van der Waals surface area contributed by atoms with Crippen molar-refractivity contribution in [3.8, 4) is 0 Å². The molecule has 0 fully saturated rings. The van der Waals surface area contributed by atoms with Gasteiger partial charge in [0.15, 0.2) is 0 Å². The van der Waals surface area contributed by atoms with Gasteiger partial charge in [-0.3, -0.25) is 25.7 Å². The monoisotopic (exact) mass is 368 g/mol. The highest BCUT2D eigenvalue weighted by Gasteiger charge is 2.19. The number of rotatable bonds is 5. The molecule has 0 aliphatic heterocycles. The molecule has 0 saturated carbocycles. The molecule has 0 spiro atoms. The van der Waals surface area contributed by atoms with Crippen molar-refractivity contribution in [1.82, 2.24) is 0 Å². The number of hydrogen-bond acceptors (Lipinski definition) is 8. The highest BCUT2D eigenvalue weighted by atomic mass is 16.6. The second-order valence-electron chi connectivity index (χ2n) is 5.51. The number of nitrogens with one attached hydrogen (secondary N) is 1. The lowest BCUT2D eigenvalue weighted by molar-refractivity contribution is -0.393. The topological polar surface area (TPSA) is 141 Å². The first kappa shape index (κ1) is 17.7. The van der Waals surface area contributed by atoms with E-state index in [0.29, 0.717) is 11.0 Å². The highest BCUT2D eigenvalue weighted by molar-refractivity contribution is 6.00. The summed E-state index contributed by atoms with van der Waals surface area (Å²) >= 11 is 0. The van der Waals surface area contributed by atoms with Crippen LogP contribution in [-0.2, 0) is 0 Å². The molecule has 1 heterocycles. The molecule has 0 saturated heterocycles. The fraction of sp³-hybridized carbons (Fsp3) is 0.0588. The van der Waals surface area contributed by atoms with Crippen LogP contribution in [0.15, 0.2) is 62.8 Å². The number of nitro groups is 2. The first-order valence-electron chi connectivity index (χ1n) is 7.63. The van der Waals surface area contributed by atoms with Gasteiger partial charge < -0.3 is 4.42 Å². The summed E-state index contributed by atoms with van der Waals surface area (Å²) in [6.45, 7) is 1.53. The lowest BCUT2D eigenvalue weighted by Crippen LogP contribution is -2.13. The predicted molar refractivity (Wildman–Crippen MR) is 98.1 cm³/mol. The van der Waals surface area contributed by atoms with Gasteiger partial charge >= 0.3 is 11.3 Å². The van der Waals surface area contributed by atoms with E-state index in [1.165, 1.54) is 13.0 Å². The van der Waals surface area contributed by atoms with Crippen LogP contribution in [0.2, 0.25) is 0 Å². The van der Waals surface area contributed by atoms with E-state index in [9.17, 15) is 25.0 Å². The average Bonchev–Trinajstić information content (AvgIpc) is 2.65. The second-order valence-corrected chi connectivity index (χ2v) is 5.51. The molecular weight excluding hydrogens is 356 g/mol. The zero-order valence-corrected chi connectivity index (χ0v) is 13.9. The van der Waals surface area contributed by atoms with E-state index in [2.05, 4.69) is 10.5 Å². The summed E-state index contributed by atoms with van der Waals surface area (Å²) in [5.74, 6) is 0. The van der Waals surface area contributed by atoms with Crippen molar-refractivity contribution < 1.29 is 14.3 Å². The van der Waals surface area contributed by atoms with Gasteiger partial charge in [0, 0.05) is 11.5 Å². The lowest BCUT2D eigenvalue weighted by atomic mass is 10.1. The highest BCUT2D eigenvalue weighted by Crippen LogP contribution is 2.29. The molecule has 0 aliphatic rings. The first-order valence-corrected chi connectivity index (χ1v) is 7.63. The lowest BCUT2D eigenvalue weighted by Gasteiger charge is -2.05. The van der Waals surface area contributed by atoms with Crippen molar-refractivity contribution in [3.63, 3.8) is 0 Å². The largest absolute Gasteiger partial charge is 0.422 e. The molecule has 0 bridgehead atoms. The third kappa shape index (κ3) is 3.63. The minimum atomic E-state index is -0.759. The molecule has 10 heteroatoms. The van der Waals surface area contributed by atoms with Crippen LogP contribution in [-0.4, -0.2) is 15.6 Å². The zero-order valence-electron chi connectivity index (χ0n) is 13.9. The Labute approximate surface area is 151 Å². The Morgan fingerprint density at radius 1 is 1.07 bits per heavy atom. The molecule has 2 aromatic carbocycles. The second kappa shape index (κ2) is 7.04. The summed E-state index contributed by atoms with van der Waals surface area (Å²) in [5, 5.41) is 26.6. The zero-order chi connectivity index (χ0) is 19.6. The number of nitro benzene ring substituents is 2. The van der Waals surface area contributed by atoms with Crippen LogP contribution in [0.3, 0.4) is 0 Å². The van der Waals surface area contributed by atoms with E-state index in [0.717, 1.165) is 12.1 Å². The summed E-state index contributed by atoms with van der Waals surface area (Å²) in [5.41, 5.74) is 1.76. The van der Waals surface area contributed by atoms with Crippen LogP contribution in [0.25, 0.3) is 11.0 Å². The molecule has 1 N–H and O–H groups in total. The minimum absolute atomic E-state index is 0.0462. The smallest absolute Gasteiger partial charge is 0.345 e. The van der Waals surface area contributed by atoms with Crippen molar-refractivity contribution in [2.45, 2.75) is 6.92 Å². The SMILES string of the molecule is C/C(=N/Nc1ccc([N+](=O)[O-])cc1[N+](=O)[O-])c1cc2ccccc2oc1=O. The molecule has 0 unspecified atom stereocenters. The maximum absolute atomic E-state index is 12.1. The molecule has 10 nitrogen and oxygen atoms in total. The third-order valence-electron chi connectivity index (χ3n) is 3.76. The van der Waals surface area contributed by atoms with Gasteiger partial charge in [-0.1, -0.05) is 18.2 Å². The standard InChI is InChI=1S/C17H12N4O6/c1-10(13-8-11-4-2-3-5-16(11)27-17(13)22)18-19-14-7-6-12(20(23)24)9-15(14)21(25)26/h2-9,19H,1H3/b18-10-. The van der Waals surface area contributed by atoms with E-state index in [1.54, 1.807) is 30.3 Å². The van der Waals surface area contributed by atoms with Gasteiger partial charge in [-0.2, -0.15) is 5.10 Å². The van der Waals surface area contributed by atoms with Crippen LogP contribution in [0.1, 0.15) is 12.5 Å². The number of hydrazone groups is 1. The molecule has 0 amide bonds. The van der Waals surface area contributed by atoms with Gasteiger partial charge in [-0.25, -0.2) is 4.79 Å². The van der Waals surface area contributed by atoms with E-state index < -0.39 is 26.8 Å². The van der Waals surface area contributed by atoms with Crippen molar-refractivity contribution in [3.05, 3.63) is 84.7 Å². The summed E-state index contributed by atoms with van der Waals surface area (Å²) < 4.78 is 5.22. The number of benzene rings is 2. The summed E-state index contributed by atoms with van der Waals surface area (Å²) in [7, 11) is 0. The van der Waals surface area contributed by atoms with Crippen molar-refractivity contribution >= 4 is 33.7 Å². The molecule has 0 radical (unpaired) electrons. The van der Waals surface area contributed by atoms with Gasteiger partial charge in [0.25, 0.3) is 5.69 Å². The Hall–Kier alpha value is -4.08.